The first-order valence-corrected chi connectivity index (χ1v) is 6.90. The molecule has 0 amide bonds. The van der Waals surface area contributed by atoms with E-state index in [0.717, 1.165) is 47.5 Å². The fraction of sp³-hybridized carbons (Fsp3) is 0.188. The normalized spacial score (nSPS) is 14.0. The van der Waals surface area contributed by atoms with Crippen LogP contribution in [-0.2, 0) is 13.1 Å². The first kappa shape index (κ1) is 11.9. The zero-order chi connectivity index (χ0) is 14.2. The highest BCUT2D eigenvalue weighted by atomic mass is 15.3. The van der Waals surface area contributed by atoms with Gasteiger partial charge in [-0.3, -0.25) is 0 Å². The Morgan fingerprint density at radius 1 is 1.05 bits per heavy atom. The summed E-state index contributed by atoms with van der Waals surface area (Å²) in [6.07, 6.45) is 1.78. The van der Waals surface area contributed by atoms with Crippen LogP contribution in [0.25, 0.3) is 10.8 Å². The molecule has 0 fully saturated rings. The third-order valence-electron chi connectivity index (χ3n) is 4.00. The standard InChI is InChI=1S/C16H13N5/c17-9-12-5-6-15(14-4-2-1-3-13(12)14)20-7-8-21-11-18-19-16(21)10-20/h1-6,11H,7-8,10H2. The van der Waals surface area contributed by atoms with Crippen LogP contribution in [0.15, 0.2) is 42.7 Å². The van der Waals surface area contributed by atoms with Gasteiger partial charge in [-0.15, -0.1) is 10.2 Å². The van der Waals surface area contributed by atoms with E-state index in [-0.39, 0.29) is 0 Å². The molecule has 2 heterocycles. The summed E-state index contributed by atoms with van der Waals surface area (Å²) < 4.78 is 2.09. The number of hydrogen-bond donors (Lipinski definition) is 0. The van der Waals surface area contributed by atoms with Crippen LogP contribution in [0.2, 0.25) is 0 Å². The van der Waals surface area contributed by atoms with Crippen LogP contribution >= 0.6 is 0 Å². The van der Waals surface area contributed by atoms with Crippen LogP contribution < -0.4 is 4.90 Å². The lowest BCUT2D eigenvalue weighted by atomic mass is 10.0. The smallest absolute Gasteiger partial charge is 0.152 e. The lowest BCUT2D eigenvalue weighted by molar-refractivity contribution is 0.561. The first-order valence-electron chi connectivity index (χ1n) is 6.90. The topological polar surface area (TPSA) is 57.7 Å². The highest BCUT2D eigenvalue weighted by Gasteiger charge is 2.19. The van der Waals surface area contributed by atoms with Crippen LogP contribution in [0, 0.1) is 11.3 Å². The largest absolute Gasteiger partial charge is 0.362 e. The molecule has 3 aromatic rings. The zero-order valence-corrected chi connectivity index (χ0v) is 11.4. The molecule has 2 aromatic carbocycles. The molecule has 0 spiro atoms. The van der Waals surface area contributed by atoms with Crippen molar-refractivity contribution in [3.05, 3.63) is 54.1 Å². The summed E-state index contributed by atoms with van der Waals surface area (Å²) in [4.78, 5) is 2.30. The van der Waals surface area contributed by atoms with E-state index in [9.17, 15) is 5.26 Å². The number of aromatic nitrogens is 3. The van der Waals surface area contributed by atoms with Gasteiger partial charge in [0.2, 0.25) is 0 Å². The fourth-order valence-electron chi connectivity index (χ4n) is 2.93. The maximum Gasteiger partial charge on any atom is 0.152 e. The summed E-state index contributed by atoms with van der Waals surface area (Å²) >= 11 is 0. The average molecular weight is 275 g/mol. The summed E-state index contributed by atoms with van der Waals surface area (Å²) in [5.74, 6) is 0.981. The van der Waals surface area contributed by atoms with Gasteiger partial charge < -0.3 is 9.47 Å². The Labute approximate surface area is 122 Å². The Balaban J connectivity index is 1.84. The Morgan fingerprint density at radius 2 is 1.90 bits per heavy atom. The minimum absolute atomic E-state index is 0.717. The average Bonchev–Trinajstić information content (AvgIpc) is 3.01. The number of fused-ring (bicyclic) bond motifs is 2. The monoisotopic (exact) mass is 275 g/mol. The van der Waals surface area contributed by atoms with Gasteiger partial charge in [0.25, 0.3) is 0 Å². The van der Waals surface area contributed by atoms with Crippen molar-refractivity contribution < 1.29 is 0 Å². The SMILES string of the molecule is N#Cc1ccc(N2CCn3cnnc3C2)c2ccccc12. The summed E-state index contributed by atoms with van der Waals surface area (Å²) in [7, 11) is 0. The van der Waals surface area contributed by atoms with Crippen LogP contribution in [0.3, 0.4) is 0 Å². The number of benzene rings is 2. The van der Waals surface area contributed by atoms with Gasteiger partial charge >= 0.3 is 0 Å². The zero-order valence-electron chi connectivity index (χ0n) is 11.4. The Morgan fingerprint density at radius 3 is 2.76 bits per heavy atom. The van der Waals surface area contributed by atoms with Crippen molar-refractivity contribution in [2.75, 3.05) is 11.4 Å². The van der Waals surface area contributed by atoms with Gasteiger partial charge in [-0.25, -0.2) is 0 Å². The molecule has 1 aromatic heterocycles. The molecule has 1 aliphatic rings. The maximum atomic E-state index is 9.25. The van der Waals surface area contributed by atoms with E-state index in [2.05, 4.69) is 31.8 Å². The predicted molar refractivity (Wildman–Crippen MR) is 79.7 cm³/mol. The van der Waals surface area contributed by atoms with E-state index in [0.29, 0.717) is 0 Å². The molecule has 21 heavy (non-hydrogen) atoms. The number of nitriles is 1. The van der Waals surface area contributed by atoms with E-state index in [1.807, 2.05) is 30.3 Å². The van der Waals surface area contributed by atoms with Gasteiger partial charge in [-0.1, -0.05) is 24.3 Å². The first-order chi connectivity index (χ1) is 10.4. The van der Waals surface area contributed by atoms with Gasteiger partial charge in [-0.2, -0.15) is 5.26 Å². The second-order valence-corrected chi connectivity index (χ2v) is 5.15. The Bertz CT molecular complexity index is 858. The third kappa shape index (κ3) is 1.84. The minimum Gasteiger partial charge on any atom is -0.362 e. The van der Waals surface area contributed by atoms with Gasteiger partial charge in [0.15, 0.2) is 5.82 Å². The van der Waals surface area contributed by atoms with Gasteiger partial charge in [0.1, 0.15) is 6.33 Å². The summed E-state index contributed by atoms with van der Waals surface area (Å²) in [6, 6.07) is 14.3. The van der Waals surface area contributed by atoms with Crippen molar-refractivity contribution in [2.24, 2.45) is 0 Å². The molecule has 0 radical (unpaired) electrons. The number of anilines is 1. The molecule has 0 atom stereocenters. The molecule has 0 bridgehead atoms. The quantitative estimate of drug-likeness (QED) is 0.684. The molecule has 0 saturated heterocycles. The van der Waals surface area contributed by atoms with E-state index in [1.54, 1.807) is 6.33 Å². The van der Waals surface area contributed by atoms with Gasteiger partial charge in [0, 0.05) is 29.5 Å². The third-order valence-corrected chi connectivity index (χ3v) is 4.00. The lowest BCUT2D eigenvalue weighted by Gasteiger charge is -2.30. The highest BCUT2D eigenvalue weighted by Crippen LogP contribution is 2.31. The number of rotatable bonds is 1. The Hall–Kier alpha value is -2.87. The van der Waals surface area contributed by atoms with Gasteiger partial charge in [0.05, 0.1) is 18.2 Å². The molecule has 0 unspecified atom stereocenters. The fourth-order valence-corrected chi connectivity index (χ4v) is 2.93. The van der Waals surface area contributed by atoms with Crippen molar-refractivity contribution >= 4 is 16.5 Å². The molecule has 4 rings (SSSR count). The molecule has 0 N–H and O–H groups in total. The molecule has 1 aliphatic heterocycles. The van der Waals surface area contributed by atoms with E-state index in [1.165, 1.54) is 0 Å². The van der Waals surface area contributed by atoms with Crippen molar-refractivity contribution in [3.8, 4) is 6.07 Å². The minimum atomic E-state index is 0.717. The molecule has 5 heteroatoms. The summed E-state index contributed by atoms with van der Waals surface area (Å²) in [6.45, 7) is 2.55. The van der Waals surface area contributed by atoms with Crippen LogP contribution in [-0.4, -0.2) is 21.3 Å². The van der Waals surface area contributed by atoms with Crippen molar-refractivity contribution in [2.45, 2.75) is 13.1 Å². The van der Waals surface area contributed by atoms with E-state index >= 15 is 0 Å². The van der Waals surface area contributed by atoms with E-state index in [4.69, 9.17) is 0 Å². The second kappa shape index (κ2) is 4.60. The van der Waals surface area contributed by atoms with E-state index < -0.39 is 0 Å². The van der Waals surface area contributed by atoms with Crippen LogP contribution in [0.5, 0.6) is 0 Å². The second-order valence-electron chi connectivity index (χ2n) is 5.15. The summed E-state index contributed by atoms with van der Waals surface area (Å²) in [5.41, 5.74) is 1.87. The van der Waals surface area contributed by atoms with Crippen molar-refractivity contribution in [1.29, 1.82) is 5.26 Å². The van der Waals surface area contributed by atoms with Crippen LogP contribution in [0.1, 0.15) is 11.4 Å². The predicted octanol–water partition coefficient (Wildman–Crippen LogP) is 2.32. The number of hydrogen-bond acceptors (Lipinski definition) is 4. The highest BCUT2D eigenvalue weighted by molar-refractivity contribution is 5.97. The molecule has 0 saturated carbocycles. The van der Waals surface area contributed by atoms with Crippen LogP contribution in [0.4, 0.5) is 5.69 Å². The van der Waals surface area contributed by atoms with Crippen molar-refractivity contribution in [3.63, 3.8) is 0 Å². The van der Waals surface area contributed by atoms with Crippen molar-refractivity contribution in [1.82, 2.24) is 14.8 Å². The molecule has 0 aliphatic carbocycles. The maximum absolute atomic E-state index is 9.25. The number of nitrogens with zero attached hydrogens (tertiary/aromatic N) is 5. The Kier molecular flexibility index (Phi) is 2.61. The molecule has 102 valence electrons. The van der Waals surface area contributed by atoms with Gasteiger partial charge in [-0.05, 0) is 12.1 Å². The lowest BCUT2D eigenvalue weighted by Crippen LogP contribution is -2.33. The molecule has 5 nitrogen and oxygen atoms in total. The molecular formula is C16H13N5. The summed E-state index contributed by atoms with van der Waals surface area (Å²) in [5, 5.41) is 19.5. The molecular weight excluding hydrogens is 262 g/mol.